The van der Waals surface area contributed by atoms with E-state index in [0.717, 1.165) is 20.0 Å². The Hall–Kier alpha value is -0.648. The van der Waals surface area contributed by atoms with E-state index in [9.17, 15) is 19.8 Å². The van der Waals surface area contributed by atoms with Gasteiger partial charge in [-0.05, 0) is 26.2 Å². The van der Waals surface area contributed by atoms with E-state index >= 15 is 0 Å². The molecule has 2 N–H and O–H groups in total. The standard InChI is InChI=1S/C12H20O7.Al.3H/c1-3-19-12(17-2,11(15)16)9(10(13)14)8-6-4-5-7-18-8;;;;/h8-9H,3-7H2,1-2H3,(H,13,14)(H,15,16);;;;. The van der Waals surface area contributed by atoms with Crippen molar-refractivity contribution in [3.63, 3.8) is 0 Å². The first-order valence-corrected chi connectivity index (χ1v) is 6.26. The SMILES string of the molecule is CCOC(OC)(C(=O)O)C(C(=O)O)C1CCCCO1.[AlH3]. The lowest BCUT2D eigenvalue weighted by molar-refractivity contribution is -0.270. The molecular formula is C12H23AlO7. The molecule has 1 heterocycles. The minimum Gasteiger partial charge on any atom is -0.481 e. The third-order valence-corrected chi connectivity index (χ3v) is 3.22. The van der Waals surface area contributed by atoms with Crippen molar-refractivity contribution in [2.75, 3.05) is 20.3 Å². The van der Waals surface area contributed by atoms with Crippen LogP contribution in [0.3, 0.4) is 0 Å². The number of hydrogen-bond donors (Lipinski definition) is 2. The van der Waals surface area contributed by atoms with E-state index in [-0.39, 0.29) is 24.0 Å². The summed E-state index contributed by atoms with van der Waals surface area (Å²) in [5.41, 5.74) is 0. The fraction of sp³-hybridized carbons (Fsp3) is 0.833. The molecule has 1 saturated heterocycles. The van der Waals surface area contributed by atoms with Crippen LogP contribution < -0.4 is 0 Å². The van der Waals surface area contributed by atoms with E-state index in [1.807, 2.05) is 0 Å². The van der Waals surface area contributed by atoms with Gasteiger partial charge in [-0.1, -0.05) is 0 Å². The molecule has 1 aliphatic rings. The molecule has 0 bridgehead atoms. The van der Waals surface area contributed by atoms with Crippen molar-refractivity contribution >= 4 is 29.3 Å². The Morgan fingerprint density at radius 2 is 2.05 bits per heavy atom. The van der Waals surface area contributed by atoms with Crippen LogP contribution in [0.25, 0.3) is 0 Å². The molecule has 0 radical (unpaired) electrons. The average molecular weight is 306 g/mol. The summed E-state index contributed by atoms with van der Waals surface area (Å²) in [6.07, 6.45) is 1.38. The van der Waals surface area contributed by atoms with Crippen LogP contribution in [0.1, 0.15) is 26.2 Å². The quantitative estimate of drug-likeness (QED) is 0.484. The highest BCUT2D eigenvalue weighted by molar-refractivity contribution is 5.85. The Morgan fingerprint density at radius 3 is 2.40 bits per heavy atom. The highest BCUT2D eigenvalue weighted by Gasteiger charge is 2.56. The summed E-state index contributed by atoms with van der Waals surface area (Å²) in [5.74, 6) is -6.39. The van der Waals surface area contributed by atoms with Crippen LogP contribution in [0, 0.1) is 5.92 Å². The molecule has 1 rings (SSSR count). The van der Waals surface area contributed by atoms with E-state index in [1.54, 1.807) is 6.92 Å². The lowest BCUT2D eigenvalue weighted by Crippen LogP contribution is -2.58. The van der Waals surface area contributed by atoms with Crippen molar-refractivity contribution in [2.45, 2.75) is 38.1 Å². The summed E-state index contributed by atoms with van der Waals surface area (Å²) in [5, 5.41) is 18.7. The molecule has 20 heavy (non-hydrogen) atoms. The Labute approximate surface area is 128 Å². The third kappa shape index (κ3) is 3.93. The Bertz CT molecular complexity index is 330. The van der Waals surface area contributed by atoms with E-state index < -0.39 is 29.7 Å². The van der Waals surface area contributed by atoms with E-state index in [4.69, 9.17) is 14.2 Å². The first-order valence-electron chi connectivity index (χ1n) is 6.26. The number of carboxylic acid groups (broad SMARTS) is 2. The molecule has 0 aromatic carbocycles. The van der Waals surface area contributed by atoms with Crippen LogP contribution in [0.4, 0.5) is 0 Å². The maximum Gasteiger partial charge on any atom is 0.365 e. The van der Waals surface area contributed by atoms with Crippen LogP contribution in [0.5, 0.6) is 0 Å². The molecule has 0 aliphatic carbocycles. The topological polar surface area (TPSA) is 102 Å². The normalized spacial score (nSPS) is 23.2. The maximum atomic E-state index is 11.5. The Balaban J connectivity index is 0.00000361. The van der Waals surface area contributed by atoms with Crippen LogP contribution >= 0.6 is 0 Å². The highest BCUT2D eigenvalue weighted by atomic mass is 27.0. The average Bonchev–Trinajstić information content (AvgIpc) is 2.38. The number of hydrogen-bond acceptors (Lipinski definition) is 5. The number of carboxylic acids is 2. The summed E-state index contributed by atoms with van der Waals surface area (Å²) >= 11 is 0. The van der Waals surface area contributed by atoms with Gasteiger partial charge in [0.25, 0.3) is 5.79 Å². The molecule has 3 atom stereocenters. The van der Waals surface area contributed by atoms with Crippen LogP contribution in [-0.4, -0.2) is 71.7 Å². The predicted molar refractivity (Wildman–Crippen MR) is 73.7 cm³/mol. The van der Waals surface area contributed by atoms with Gasteiger partial charge >= 0.3 is 11.9 Å². The molecular weight excluding hydrogens is 283 g/mol. The zero-order valence-corrected chi connectivity index (χ0v) is 11.1. The van der Waals surface area contributed by atoms with Crippen molar-refractivity contribution in [3.05, 3.63) is 0 Å². The van der Waals surface area contributed by atoms with Crippen LogP contribution in [0.2, 0.25) is 0 Å². The van der Waals surface area contributed by atoms with Gasteiger partial charge in [0.1, 0.15) is 5.92 Å². The molecule has 1 fully saturated rings. The Morgan fingerprint density at radius 1 is 1.40 bits per heavy atom. The second-order valence-corrected chi connectivity index (χ2v) is 4.33. The van der Waals surface area contributed by atoms with E-state index in [1.165, 1.54) is 0 Å². The molecule has 0 aromatic rings. The number of aliphatic carboxylic acids is 2. The molecule has 0 aromatic heterocycles. The molecule has 116 valence electrons. The number of rotatable bonds is 7. The van der Waals surface area contributed by atoms with Crippen molar-refractivity contribution in [1.82, 2.24) is 0 Å². The summed E-state index contributed by atoms with van der Waals surface area (Å²) in [6.45, 7) is 2.02. The minimum absolute atomic E-state index is 0. The smallest absolute Gasteiger partial charge is 0.365 e. The molecule has 0 saturated carbocycles. The lowest BCUT2D eigenvalue weighted by Gasteiger charge is -2.38. The minimum atomic E-state index is -2.22. The molecule has 3 unspecified atom stereocenters. The zero-order valence-electron chi connectivity index (χ0n) is 11.1. The van der Waals surface area contributed by atoms with Gasteiger partial charge in [-0.25, -0.2) is 4.79 Å². The first-order chi connectivity index (χ1) is 8.99. The van der Waals surface area contributed by atoms with Crippen LogP contribution in [-0.2, 0) is 23.8 Å². The van der Waals surface area contributed by atoms with Crippen molar-refractivity contribution in [3.8, 4) is 0 Å². The third-order valence-electron chi connectivity index (χ3n) is 3.22. The summed E-state index contributed by atoms with van der Waals surface area (Å²) in [7, 11) is 1.13. The molecule has 1 aliphatic heterocycles. The van der Waals surface area contributed by atoms with Gasteiger partial charge in [0.05, 0.1) is 6.10 Å². The van der Waals surface area contributed by atoms with Gasteiger partial charge in [-0.3, -0.25) is 4.79 Å². The van der Waals surface area contributed by atoms with E-state index in [0.29, 0.717) is 13.0 Å². The fourth-order valence-electron chi connectivity index (χ4n) is 2.37. The van der Waals surface area contributed by atoms with E-state index in [2.05, 4.69) is 0 Å². The van der Waals surface area contributed by atoms with Gasteiger partial charge in [0, 0.05) is 20.3 Å². The van der Waals surface area contributed by atoms with Crippen molar-refractivity contribution in [2.24, 2.45) is 5.92 Å². The summed E-state index contributed by atoms with van der Waals surface area (Å²) in [4.78, 5) is 22.9. The van der Waals surface area contributed by atoms with Gasteiger partial charge in [-0.2, -0.15) is 0 Å². The fourth-order valence-corrected chi connectivity index (χ4v) is 2.37. The van der Waals surface area contributed by atoms with Gasteiger partial charge in [0.15, 0.2) is 17.4 Å². The monoisotopic (exact) mass is 306 g/mol. The largest absolute Gasteiger partial charge is 0.481 e. The second-order valence-electron chi connectivity index (χ2n) is 4.33. The van der Waals surface area contributed by atoms with Crippen LogP contribution in [0.15, 0.2) is 0 Å². The Kier molecular flexibility index (Phi) is 8.32. The van der Waals surface area contributed by atoms with Gasteiger partial charge < -0.3 is 24.4 Å². The second kappa shape index (κ2) is 8.60. The van der Waals surface area contributed by atoms with Crippen molar-refractivity contribution < 1.29 is 34.0 Å². The lowest BCUT2D eigenvalue weighted by atomic mass is 9.87. The molecule has 0 spiro atoms. The first kappa shape index (κ1) is 19.4. The molecule has 7 nitrogen and oxygen atoms in total. The molecule has 8 heteroatoms. The molecule has 0 amide bonds. The predicted octanol–water partition coefficient (Wildman–Crippen LogP) is -0.464. The maximum absolute atomic E-state index is 11.5. The summed E-state index contributed by atoms with van der Waals surface area (Å²) < 4.78 is 15.5. The van der Waals surface area contributed by atoms with Gasteiger partial charge in [-0.15, -0.1) is 0 Å². The number of carbonyl (C=O) groups is 2. The number of methoxy groups -OCH3 is 1. The van der Waals surface area contributed by atoms with Crippen molar-refractivity contribution in [1.29, 1.82) is 0 Å². The number of ether oxygens (including phenoxy) is 3. The highest BCUT2D eigenvalue weighted by Crippen LogP contribution is 2.33. The summed E-state index contributed by atoms with van der Waals surface area (Å²) in [6, 6.07) is 0. The van der Waals surface area contributed by atoms with Gasteiger partial charge in [0.2, 0.25) is 0 Å². The zero-order chi connectivity index (χ0) is 14.5.